The van der Waals surface area contributed by atoms with Crippen molar-refractivity contribution in [2.45, 2.75) is 38.6 Å². The molecule has 1 aliphatic rings. The first-order chi connectivity index (χ1) is 8.58. The van der Waals surface area contributed by atoms with Gasteiger partial charge in [0.2, 0.25) is 5.91 Å². The molecule has 3 N–H and O–H groups in total. The van der Waals surface area contributed by atoms with Gasteiger partial charge in [0.05, 0.1) is 6.04 Å². The van der Waals surface area contributed by atoms with Crippen LogP contribution in [-0.4, -0.2) is 53.7 Å². The normalized spacial score (nSPS) is 19.7. The second-order valence-electron chi connectivity index (χ2n) is 5.22. The van der Waals surface area contributed by atoms with Crippen LogP contribution in [0, 0.1) is 5.41 Å². The second kappa shape index (κ2) is 9.06. The zero-order valence-corrected chi connectivity index (χ0v) is 13.6. The van der Waals surface area contributed by atoms with Crippen molar-refractivity contribution in [3.05, 3.63) is 0 Å². The minimum atomic E-state index is -0.360. The number of aliphatic hydroxyl groups excluding tert-OH is 1. The largest absolute Gasteiger partial charge is 0.396 e. The summed E-state index contributed by atoms with van der Waals surface area (Å²) >= 11 is 1.72. The zero-order valence-electron chi connectivity index (χ0n) is 11.9. The van der Waals surface area contributed by atoms with Gasteiger partial charge in [-0.15, -0.1) is 12.4 Å². The van der Waals surface area contributed by atoms with Crippen LogP contribution in [0.2, 0.25) is 0 Å². The lowest BCUT2D eigenvalue weighted by atomic mass is 9.77. The first-order valence-corrected chi connectivity index (χ1v) is 8.12. The molecule has 0 bridgehead atoms. The highest BCUT2D eigenvalue weighted by Gasteiger charge is 2.34. The van der Waals surface area contributed by atoms with Gasteiger partial charge in [0.25, 0.3) is 0 Å². The Bertz CT molecular complexity index is 265. The molecule has 0 unspecified atom stereocenters. The Morgan fingerprint density at radius 2 is 2.05 bits per heavy atom. The van der Waals surface area contributed by atoms with Crippen molar-refractivity contribution in [3.63, 3.8) is 0 Å². The van der Waals surface area contributed by atoms with E-state index in [4.69, 9.17) is 5.73 Å². The quantitative estimate of drug-likeness (QED) is 0.780. The highest BCUT2D eigenvalue weighted by molar-refractivity contribution is 7.98. The summed E-state index contributed by atoms with van der Waals surface area (Å²) in [6.07, 6.45) is 5.52. The van der Waals surface area contributed by atoms with Crippen LogP contribution in [0.15, 0.2) is 0 Å². The lowest BCUT2D eigenvalue weighted by Crippen LogP contribution is -2.50. The molecule has 1 rings (SSSR count). The molecule has 0 aliphatic carbocycles. The first kappa shape index (κ1) is 19.0. The first-order valence-electron chi connectivity index (χ1n) is 6.72. The lowest BCUT2D eigenvalue weighted by molar-refractivity contribution is -0.135. The molecule has 1 heterocycles. The molecule has 19 heavy (non-hydrogen) atoms. The average Bonchev–Trinajstić information content (AvgIpc) is 2.44. The average molecular weight is 311 g/mol. The molecule has 1 saturated heterocycles. The van der Waals surface area contributed by atoms with Gasteiger partial charge in [-0.05, 0) is 43.1 Å². The molecular formula is C13H27ClN2O2S. The SMILES string of the molecule is CCC1(CO)CCN(C(=O)[C@@H](N)CCSC)CC1.Cl. The Labute approximate surface area is 126 Å². The predicted octanol–water partition coefficient (Wildman–Crippen LogP) is 1.50. The predicted molar refractivity (Wildman–Crippen MR) is 83.8 cm³/mol. The number of aliphatic hydroxyl groups is 1. The molecule has 1 aliphatic heterocycles. The van der Waals surface area contributed by atoms with E-state index in [9.17, 15) is 9.90 Å². The minimum Gasteiger partial charge on any atom is -0.396 e. The highest BCUT2D eigenvalue weighted by Crippen LogP contribution is 2.34. The molecule has 1 amide bonds. The van der Waals surface area contributed by atoms with Gasteiger partial charge in [-0.2, -0.15) is 11.8 Å². The fourth-order valence-corrected chi connectivity index (χ4v) is 2.92. The Morgan fingerprint density at radius 1 is 1.47 bits per heavy atom. The van der Waals surface area contributed by atoms with Crippen LogP contribution in [0.25, 0.3) is 0 Å². The second-order valence-corrected chi connectivity index (χ2v) is 6.21. The number of nitrogens with zero attached hydrogens (tertiary/aromatic N) is 1. The Kier molecular flexibility index (Phi) is 9.07. The van der Waals surface area contributed by atoms with Gasteiger partial charge in [-0.3, -0.25) is 4.79 Å². The van der Waals surface area contributed by atoms with Crippen molar-refractivity contribution in [1.29, 1.82) is 0 Å². The molecule has 0 saturated carbocycles. The van der Waals surface area contributed by atoms with E-state index in [0.717, 1.165) is 44.5 Å². The van der Waals surface area contributed by atoms with E-state index in [0.29, 0.717) is 0 Å². The van der Waals surface area contributed by atoms with Crippen molar-refractivity contribution < 1.29 is 9.90 Å². The molecule has 0 aromatic heterocycles. The number of hydrogen-bond donors (Lipinski definition) is 2. The van der Waals surface area contributed by atoms with Crippen molar-refractivity contribution in [2.75, 3.05) is 31.7 Å². The fourth-order valence-electron chi connectivity index (χ4n) is 2.43. The van der Waals surface area contributed by atoms with E-state index in [1.807, 2.05) is 11.2 Å². The van der Waals surface area contributed by atoms with Crippen LogP contribution in [0.5, 0.6) is 0 Å². The molecule has 0 aromatic carbocycles. The van der Waals surface area contributed by atoms with E-state index < -0.39 is 0 Å². The van der Waals surface area contributed by atoms with Crippen LogP contribution in [0.4, 0.5) is 0 Å². The van der Waals surface area contributed by atoms with Gasteiger partial charge < -0.3 is 15.7 Å². The number of nitrogens with two attached hydrogens (primary N) is 1. The van der Waals surface area contributed by atoms with Crippen LogP contribution >= 0.6 is 24.2 Å². The van der Waals surface area contributed by atoms with Crippen molar-refractivity contribution in [2.24, 2.45) is 11.1 Å². The number of carbonyl (C=O) groups is 1. The Balaban J connectivity index is 0.00000324. The van der Waals surface area contributed by atoms with Gasteiger partial charge in [0.15, 0.2) is 0 Å². The third-order valence-corrected chi connectivity index (χ3v) is 4.82. The molecule has 1 fully saturated rings. The van der Waals surface area contributed by atoms with Crippen LogP contribution in [0.3, 0.4) is 0 Å². The van der Waals surface area contributed by atoms with Crippen molar-refractivity contribution >= 4 is 30.1 Å². The number of halogens is 1. The topological polar surface area (TPSA) is 66.6 Å². The number of carbonyl (C=O) groups excluding carboxylic acids is 1. The maximum atomic E-state index is 12.1. The Hall–Kier alpha value is 0.0300. The van der Waals surface area contributed by atoms with Crippen LogP contribution in [-0.2, 0) is 4.79 Å². The van der Waals surface area contributed by atoms with Gasteiger partial charge in [-0.1, -0.05) is 6.92 Å². The van der Waals surface area contributed by atoms with Crippen molar-refractivity contribution in [1.82, 2.24) is 4.90 Å². The molecule has 114 valence electrons. The number of amides is 1. The Morgan fingerprint density at radius 3 is 2.47 bits per heavy atom. The van der Waals surface area contributed by atoms with Gasteiger partial charge in [0, 0.05) is 19.7 Å². The summed E-state index contributed by atoms with van der Waals surface area (Å²) in [5.41, 5.74) is 5.94. The maximum absolute atomic E-state index is 12.1. The molecule has 6 heteroatoms. The van der Waals surface area contributed by atoms with Gasteiger partial charge in [0.1, 0.15) is 0 Å². The number of thioether (sulfide) groups is 1. The number of hydrogen-bond acceptors (Lipinski definition) is 4. The summed E-state index contributed by atoms with van der Waals surface area (Å²) < 4.78 is 0. The smallest absolute Gasteiger partial charge is 0.239 e. The summed E-state index contributed by atoms with van der Waals surface area (Å²) in [5.74, 6) is 1.00. The third-order valence-electron chi connectivity index (χ3n) is 4.17. The number of likely N-dealkylation sites (tertiary alicyclic amines) is 1. The molecule has 0 aromatic rings. The fraction of sp³-hybridized carbons (Fsp3) is 0.923. The summed E-state index contributed by atoms with van der Waals surface area (Å²) in [5, 5.41) is 9.46. The molecular weight excluding hydrogens is 284 g/mol. The van der Waals surface area contributed by atoms with Gasteiger partial charge >= 0.3 is 0 Å². The molecule has 4 nitrogen and oxygen atoms in total. The highest BCUT2D eigenvalue weighted by atomic mass is 35.5. The number of piperidine rings is 1. The molecule has 0 radical (unpaired) electrons. The van der Waals surface area contributed by atoms with E-state index in [1.54, 1.807) is 11.8 Å². The minimum absolute atomic E-state index is 0. The van der Waals surface area contributed by atoms with E-state index in [-0.39, 0.29) is 36.4 Å². The van der Waals surface area contributed by atoms with E-state index in [1.165, 1.54) is 0 Å². The maximum Gasteiger partial charge on any atom is 0.239 e. The van der Waals surface area contributed by atoms with Crippen LogP contribution in [0.1, 0.15) is 32.6 Å². The summed E-state index contributed by atoms with van der Waals surface area (Å²) in [6.45, 7) is 3.81. The summed E-state index contributed by atoms with van der Waals surface area (Å²) in [7, 11) is 0. The zero-order chi connectivity index (χ0) is 13.6. The standard InChI is InChI=1S/C13H26N2O2S.ClH/c1-3-13(10-16)5-7-15(8-6-13)12(17)11(14)4-9-18-2;/h11,16H,3-10,14H2,1-2H3;1H/t11-;/m0./s1. The van der Waals surface area contributed by atoms with Crippen molar-refractivity contribution in [3.8, 4) is 0 Å². The molecule has 1 atom stereocenters. The van der Waals surface area contributed by atoms with Crippen LogP contribution < -0.4 is 5.73 Å². The monoisotopic (exact) mass is 310 g/mol. The summed E-state index contributed by atoms with van der Waals surface area (Å²) in [6, 6.07) is -0.360. The lowest BCUT2D eigenvalue weighted by Gasteiger charge is -2.40. The van der Waals surface area contributed by atoms with E-state index in [2.05, 4.69) is 6.92 Å². The molecule has 0 spiro atoms. The summed E-state index contributed by atoms with van der Waals surface area (Å²) in [4.78, 5) is 14.0. The van der Waals surface area contributed by atoms with Gasteiger partial charge in [-0.25, -0.2) is 0 Å². The number of rotatable bonds is 6. The third kappa shape index (κ3) is 5.14. The van der Waals surface area contributed by atoms with E-state index >= 15 is 0 Å².